The zero-order valence-corrected chi connectivity index (χ0v) is 25.7. The van der Waals surface area contributed by atoms with Crippen LogP contribution in [0.5, 0.6) is 5.75 Å². The van der Waals surface area contributed by atoms with Crippen molar-refractivity contribution in [2.24, 2.45) is 0 Å². The average Bonchev–Trinajstić information content (AvgIpc) is 3.08. The molecule has 2 aromatic carbocycles. The lowest BCUT2D eigenvalue weighted by Crippen LogP contribution is -2.48. The van der Waals surface area contributed by atoms with Gasteiger partial charge in [-0.05, 0) is 50.0 Å². The minimum atomic E-state index is -0.290. The fraction of sp³-hybridized carbons (Fsp3) is 0.394. The van der Waals surface area contributed by atoms with Crippen molar-refractivity contribution in [1.82, 2.24) is 14.9 Å². The minimum Gasteiger partial charge on any atom is -0.494 e. The molecule has 3 heterocycles. The van der Waals surface area contributed by atoms with Crippen molar-refractivity contribution in [2.75, 3.05) is 68.4 Å². The number of amides is 1. The van der Waals surface area contributed by atoms with Crippen LogP contribution in [-0.2, 0) is 9.53 Å². The Morgan fingerprint density at radius 3 is 2.55 bits per heavy atom. The number of nitrogens with zero attached hydrogens (tertiary/aromatic N) is 4. The fourth-order valence-electron chi connectivity index (χ4n) is 6.09. The van der Waals surface area contributed by atoms with Crippen LogP contribution in [0.3, 0.4) is 0 Å². The Kier molecular flexibility index (Phi) is 10.1. The number of hydrogen-bond donors (Lipinski definition) is 4. The van der Waals surface area contributed by atoms with Gasteiger partial charge in [0.15, 0.2) is 0 Å². The monoisotopic (exact) mass is 598 g/mol. The Morgan fingerprint density at radius 2 is 1.86 bits per heavy atom. The van der Waals surface area contributed by atoms with Crippen LogP contribution in [0.1, 0.15) is 31.2 Å². The summed E-state index contributed by atoms with van der Waals surface area (Å²) in [6, 6.07) is 12.4. The zero-order chi connectivity index (χ0) is 31.1. The van der Waals surface area contributed by atoms with Gasteiger partial charge in [0.2, 0.25) is 5.91 Å². The van der Waals surface area contributed by atoms with Gasteiger partial charge in [-0.2, -0.15) is 0 Å². The molecule has 2 fully saturated rings. The number of hydrogen-bond acceptors (Lipinski definition) is 10. The van der Waals surface area contributed by atoms with E-state index in [0.29, 0.717) is 40.7 Å². The molecule has 2 aliphatic rings. The first-order valence-electron chi connectivity index (χ1n) is 15.1. The van der Waals surface area contributed by atoms with E-state index in [1.807, 2.05) is 43.4 Å². The third-order valence-electron chi connectivity index (χ3n) is 8.60. The molecule has 1 aromatic heterocycles. The topological polar surface area (TPSA) is 128 Å². The summed E-state index contributed by atoms with van der Waals surface area (Å²) < 4.78 is 11.4. The summed E-state index contributed by atoms with van der Waals surface area (Å²) in [5.74, 6) is 0.888. The van der Waals surface area contributed by atoms with Gasteiger partial charge in [-0.3, -0.25) is 4.79 Å². The molecular formula is C33H42N8O3. The molecule has 4 N–H and O–H groups in total. The molecule has 0 aliphatic carbocycles. The first-order valence-corrected chi connectivity index (χ1v) is 15.1. The molecule has 0 bridgehead atoms. The van der Waals surface area contributed by atoms with Crippen molar-refractivity contribution in [2.45, 2.75) is 37.8 Å². The van der Waals surface area contributed by atoms with E-state index in [1.54, 1.807) is 7.11 Å². The second-order valence-electron chi connectivity index (χ2n) is 11.1. The van der Waals surface area contributed by atoms with E-state index in [-0.39, 0.29) is 5.91 Å². The maximum atomic E-state index is 12.5. The number of ether oxygens (including phenoxy) is 2. The summed E-state index contributed by atoms with van der Waals surface area (Å²) in [4.78, 5) is 26.3. The Balaban J connectivity index is 1.39. The van der Waals surface area contributed by atoms with Crippen LogP contribution in [0.15, 0.2) is 55.4 Å². The van der Waals surface area contributed by atoms with E-state index in [2.05, 4.69) is 49.3 Å². The smallest absolute Gasteiger partial charge is 0.247 e. The van der Waals surface area contributed by atoms with Crippen LogP contribution in [0.25, 0.3) is 11.3 Å². The van der Waals surface area contributed by atoms with Gasteiger partial charge in [0, 0.05) is 87.6 Å². The Morgan fingerprint density at radius 1 is 1.09 bits per heavy atom. The molecule has 44 heavy (non-hydrogen) atoms. The van der Waals surface area contributed by atoms with Crippen LogP contribution in [0.4, 0.5) is 28.6 Å². The highest BCUT2D eigenvalue weighted by Crippen LogP contribution is 2.40. The molecule has 3 aromatic rings. The van der Waals surface area contributed by atoms with Gasteiger partial charge in [-0.25, -0.2) is 9.97 Å². The number of benzene rings is 2. The summed E-state index contributed by atoms with van der Waals surface area (Å²) in [5.41, 5.74) is 5.36. The molecule has 0 saturated carbocycles. The molecule has 2 saturated heterocycles. The molecular weight excluding hydrogens is 556 g/mol. The van der Waals surface area contributed by atoms with Crippen molar-refractivity contribution in [3.8, 4) is 17.0 Å². The van der Waals surface area contributed by atoms with Crippen molar-refractivity contribution in [1.29, 1.82) is 5.41 Å². The van der Waals surface area contributed by atoms with Gasteiger partial charge in [-0.15, -0.1) is 0 Å². The number of nitrogens with one attached hydrogen (secondary N) is 4. The molecule has 0 radical (unpaired) electrons. The number of aromatic nitrogens is 2. The Hall–Kier alpha value is -4.48. The summed E-state index contributed by atoms with van der Waals surface area (Å²) in [6.07, 6.45) is 8.35. The maximum absolute atomic E-state index is 12.5. The van der Waals surface area contributed by atoms with E-state index in [9.17, 15) is 4.79 Å². The van der Waals surface area contributed by atoms with Gasteiger partial charge in [0.1, 0.15) is 17.9 Å². The van der Waals surface area contributed by atoms with Gasteiger partial charge < -0.3 is 40.6 Å². The second-order valence-corrected chi connectivity index (χ2v) is 11.1. The second kappa shape index (κ2) is 14.3. The lowest BCUT2D eigenvalue weighted by molar-refractivity contribution is -0.111. The highest BCUT2D eigenvalue weighted by molar-refractivity contribution is 6.02. The Bertz CT molecular complexity index is 1480. The highest BCUT2D eigenvalue weighted by atomic mass is 16.5. The lowest BCUT2D eigenvalue weighted by Gasteiger charge is -2.42. The van der Waals surface area contributed by atoms with Gasteiger partial charge >= 0.3 is 0 Å². The third-order valence-corrected chi connectivity index (χ3v) is 8.60. The molecule has 0 spiro atoms. The van der Waals surface area contributed by atoms with E-state index in [1.165, 1.54) is 18.6 Å². The molecule has 232 valence electrons. The number of piperidine rings is 1. The lowest BCUT2D eigenvalue weighted by atomic mass is 9.98. The summed E-state index contributed by atoms with van der Waals surface area (Å²) in [5, 5.41) is 17.2. The predicted molar refractivity (Wildman–Crippen MR) is 177 cm³/mol. The molecule has 5 rings (SSSR count). The number of carbonyl (C=O) groups excluding carboxylic acids is 1. The van der Waals surface area contributed by atoms with Crippen LogP contribution in [0.2, 0.25) is 0 Å². The average molecular weight is 599 g/mol. The molecule has 11 heteroatoms. The first kappa shape index (κ1) is 31.0. The van der Waals surface area contributed by atoms with Gasteiger partial charge in [-0.1, -0.05) is 12.6 Å². The van der Waals surface area contributed by atoms with Crippen LogP contribution in [-0.4, -0.2) is 86.6 Å². The molecule has 0 unspecified atom stereocenters. The SMILES string of the molecule is C=CC(=O)Nc1cc(Nc2cc(-c3ccc(NC)c(C=N)c3)ncn2)c(OC)cc1N(C)C1CCN(C2CCOCC2)CC1. The summed E-state index contributed by atoms with van der Waals surface area (Å²) >= 11 is 0. The third kappa shape index (κ3) is 7.00. The summed E-state index contributed by atoms with van der Waals surface area (Å²) in [7, 11) is 5.54. The van der Waals surface area contributed by atoms with Crippen molar-refractivity contribution < 1.29 is 14.3 Å². The van der Waals surface area contributed by atoms with E-state index < -0.39 is 0 Å². The van der Waals surface area contributed by atoms with Crippen molar-refractivity contribution >= 4 is 40.7 Å². The number of carbonyl (C=O) groups is 1. The highest BCUT2D eigenvalue weighted by Gasteiger charge is 2.29. The van der Waals surface area contributed by atoms with Gasteiger partial charge in [0.25, 0.3) is 0 Å². The number of anilines is 5. The Labute approximate surface area is 259 Å². The van der Waals surface area contributed by atoms with Crippen molar-refractivity contribution in [3.63, 3.8) is 0 Å². The molecule has 11 nitrogen and oxygen atoms in total. The fourth-order valence-corrected chi connectivity index (χ4v) is 6.09. The van der Waals surface area contributed by atoms with E-state index >= 15 is 0 Å². The minimum absolute atomic E-state index is 0.290. The molecule has 2 aliphatic heterocycles. The number of methoxy groups -OCH3 is 1. The quantitative estimate of drug-likeness (QED) is 0.175. The largest absolute Gasteiger partial charge is 0.494 e. The van der Waals surface area contributed by atoms with Crippen LogP contribution in [0, 0.1) is 5.41 Å². The van der Waals surface area contributed by atoms with E-state index in [4.69, 9.17) is 14.9 Å². The van der Waals surface area contributed by atoms with E-state index in [0.717, 1.165) is 74.5 Å². The maximum Gasteiger partial charge on any atom is 0.247 e. The predicted octanol–water partition coefficient (Wildman–Crippen LogP) is 5.14. The number of rotatable bonds is 11. The first-order chi connectivity index (χ1) is 21.4. The van der Waals surface area contributed by atoms with Crippen LogP contribution < -0.4 is 25.6 Å². The number of likely N-dealkylation sites (tertiary alicyclic amines) is 1. The van der Waals surface area contributed by atoms with Gasteiger partial charge in [0.05, 0.1) is 29.9 Å². The normalized spacial score (nSPS) is 16.2. The van der Waals surface area contributed by atoms with Crippen molar-refractivity contribution in [3.05, 3.63) is 60.9 Å². The molecule has 0 atom stereocenters. The zero-order valence-electron chi connectivity index (χ0n) is 25.7. The summed E-state index contributed by atoms with van der Waals surface area (Å²) in [6.45, 7) is 7.43. The van der Waals surface area contributed by atoms with Crippen LogP contribution >= 0.6 is 0 Å². The standard InChI is InChI=1S/C33H42N8O3/c1-5-33(42)39-28-17-29(38-32-18-27(36-21-37-32)22-6-7-26(35-2)23(16-22)20-34)31(43-4)19-30(28)40(3)24-8-12-41(13-9-24)25-10-14-44-15-11-25/h5-7,16-21,24-25,34-35H,1,8-15H2,2-4H3,(H,39,42)(H,36,37,38). The molecule has 1 amide bonds.